The predicted octanol–water partition coefficient (Wildman–Crippen LogP) is 3.61. The number of hydrogen-bond donors (Lipinski definition) is 1. The molecule has 0 bridgehead atoms. The van der Waals surface area contributed by atoms with Crippen molar-refractivity contribution < 1.29 is 19.1 Å². The zero-order valence-electron chi connectivity index (χ0n) is 19.3. The van der Waals surface area contributed by atoms with Gasteiger partial charge in [-0.1, -0.05) is 18.2 Å². The Morgan fingerprint density at radius 2 is 1.80 bits per heavy atom. The largest absolute Gasteiger partial charge is 0.385 e. The van der Waals surface area contributed by atoms with Crippen molar-refractivity contribution in [2.75, 3.05) is 25.6 Å². The number of rotatable bonds is 7. The lowest BCUT2D eigenvalue weighted by Crippen LogP contribution is -2.31. The van der Waals surface area contributed by atoms with E-state index in [0.29, 0.717) is 35.9 Å². The fourth-order valence-electron chi connectivity index (χ4n) is 4.13. The molecule has 0 fully saturated rings. The number of amides is 3. The number of aromatic nitrogens is 3. The van der Waals surface area contributed by atoms with Crippen LogP contribution in [-0.2, 0) is 4.74 Å². The van der Waals surface area contributed by atoms with Crippen molar-refractivity contribution in [3.63, 3.8) is 0 Å². The van der Waals surface area contributed by atoms with Crippen LogP contribution in [0.15, 0.2) is 60.7 Å². The normalized spacial score (nSPS) is 12.9. The summed E-state index contributed by atoms with van der Waals surface area (Å²) in [6.07, 6.45) is 0.543. The molecule has 9 nitrogen and oxygen atoms in total. The maximum absolute atomic E-state index is 13.1. The maximum Gasteiger partial charge on any atom is 0.261 e. The van der Waals surface area contributed by atoms with Crippen molar-refractivity contribution in [2.45, 2.75) is 13.3 Å². The summed E-state index contributed by atoms with van der Waals surface area (Å²) in [6.45, 7) is 2.53. The smallest absolute Gasteiger partial charge is 0.261 e. The number of benzene rings is 2. The molecular weight excluding hydrogens is 446 g/mol. The molecule has 4 aromatic rings. The number of nitrogens with zero attached hydrogens (tertiary/aromatic N) is 4. The molecule has 3 heterocycles. The Hall–Kier alpha value is -4.37. The molecular formula is C26H23N5O4. The van der Waals surface area contributed by atoms with Gasteiger partial charge in [0.25, 0.3) is 17.7 Å². The van der Waals surface area contributed by atoms with Crippen molar-refractivity contribution in [2.24, 2.45) is 0 Å². The molecule has 35 heavy (non-hydrogen) atoms. The molecule has 0 saturated carbocycles. The molecule has 1 N–H and O–H groups in total. The number of imide groups is 1. The average Bonchev–Trinajstić information content (AvgIpc) is 3.35. The van der Waals surface area contributed by atoms with Crippen LogP contribution in [0, 0.1) is 6.92 Å². The number of carbonyl (C=O) groups excluding carboxylic acids is 3. The molecule has 3 amide bonds. The molecule has 1 aliphatic rings. The minimum Gasteiger partial charge on any atom is -0.385 e. The predicted molar refractivity (Wildman–Crippen MR) is 130 cm³/mol. The number of hydrogen-bond acceptors (Lipinski definition) is 6. The highest BCUT2D eigenvalue weighted by Crippen LogP contribution is 2.25. The number of pyridine rings is 1. The Bertz CT molecular complexity index is 1480. The molecule has 0 radical (unpaired) electrons. The Morgan fingerprint density at radius 1 is 1.00 bits per heavy atom. The third-order valence-electron chi connectivity index (χ3n) is 5.84. The summed E-state index contributed by atoms with van der Waals surface area (Å²) in [5, 5.41) is 8.34. The van der Waals surface area contributed by atoms with E-state index in [4.69, 9.17) is 4.74 Å². The number of aryl methyl sites for hydroxylation is 1. The van der Waals surface area contributed by atoms with Crippen LogP contribution in [-0.4, -0.2) is 57.6 Å². The van der Waals surface area contributed by atoms with E-state index < -0.39 is 11.8 Å². The van der Waals surface area contributed by atoms with Gasteiger partial charge in [-0.3, -0.25) is 19.3 Å². The first-order valence-electron chi connectivity index (χ1n) is 11.2. The highest BCUT2D eigenvalue weighted by Gasteiger charge is 2.35. The minimum absolute atomic E-state index is 0.223. The summed E-state index contributed by atoms with van der Waals surface area (Å²) >= 11 is 0. The van der Waals surface area contributed by atoms with E-state index in [0.717, 1.165) is 10.9 Å². The Labute approximate surface area is 201 Å². The van der Waals surface area contributed by atoms with Crippen molar-refractivity contribution >= 4 is 34.4 Å². The molecule has 5 rings (SSSR count). The first-order valence-corrected chi connectivity index (χ1v) is 11.2. The fraction of sp³-hybridized carbons (Fsp3) is 0.192. The maximum atomic E-state index is 13.1. The first kappa shape index (κ1) is 22.4. The van der Waals surface area contributed by atoms with Crippen molar-refractivity contribution in [1.82, 2.24) is 19.7 Å². The number of methoxy groups -OCH3 is 1. The molecule has 0 aliphatic carbocycles. The monoisotopic (exact) mass is 469 g/mol. The van der Waals surface area contributed by atoms with E-state index in [2.05, 4.69) is 15.4 Å². The van der Waals surface area contributed by atoms with Crippen molar-refractivity contribution in [3.8, 4) is 5.82 Å². The van der Waals surface area contributed by atoms with E-state index in [1.807, 2.05) is 43.3 Å². The molecule has 1 aliphatic heterocycles. The van der Waals surface area contributed by atoms with Gasteiger partial charge < -0.3 is 10.1 Å². The van der Waals surface area contributed by atoms with Gasteiger partial charge in [0.05, 0.1) is 22.3 Å². The third-order valence-corrected chi connectivity index (χ3v) is 5.84. The zero-order valence-corrected chi connectivity index (χ0v) is 19.3. The standard InChI is InChI=1S/C26H23N5O4/c1-16-14-23(31(29-16)22-11-9-17-6-3-4-7-21(17)27-22)28-24(32)18-8-10-19-20(15-18)26(34)30(25(19)33)12-5-13-35-2/h3-4,6-11,14-15H,5,12-13H2,1-2H3,(H,28,32). The topological polar surface area (TPSA) is 106 Å². The van der Waals surface area contributed by atoms with Crippen LogP contribution in [0.4, 0.5) is 5.82 Å². The fourth-order valence-corrected chi connectivity index (χ4v) is 4.13. The molecule has 9 heteroatoms. The van der Waals surface area contributed by atoms with E-state index in [-0.39, 0.29) is 23.6 Å². The quantitative estimate of drug-likeness (QED) is 0.327. The van der Waals surface area contributed by atoms with E-state index >= 15 is 0 Å². The minimum atomic E-state index is -0.423. The highest BCUT2D eigenvalue weighted by atomic mass is 16.5. The highest BCUT2D eigenvalue weighted by molar-refractivity contribution is 6.22. The number of fused-ring (bicyclic) bond motifs is 2. The average molecular weight is 470 g/mol. The second-order valence-corrected chi connectivity index (χ2v) is 8.27. The Kier molecular flexibility index (Phi) is 5.84. The molecule has 0 spiro atoms. The van der Waals surface area contributed by atoms with Crippen LogP contribution in [0.5, 0.6) is 0 Å². The van der Waals surface area contributed by atoms with E-state index in [1.165, 1.54) is 17.0 Å². The van der Waals surface area contributed by atoms with E-state index in [1.54, 1.807) is 23.9 Å². The summed E-state index contributed by atoms with van der Waals surface area (Å²) < 4.78 is 6.58. The lowest BCUT2D eigenvalue weighted by molar-refractivity contribution is 0.0638. The molecule has 176 valence electrons. The van der Waals surface area contributed by atoms with Gasteiger partial charge >= 0.3 is 0 Å². The lowest BCUT2D eigenvalue weighted by atomic mass is 10.1. The summed E-state index contributed by atoms with van der Waals surface area (Å²) in [5.74, 6) is -0.179. The van der Waals surface area contributed by atoms with Gasteiger partial charge in [0.2, 0.25) is 0 Å². The van der Waals surface area contributed by atoms with Gasteiger partial charge in [0.1, 0.15) is 5.82 Å². The molecule has 0 atom stereocenters. The van der Waals surface area contributed by atoms with Crippen LogP contribution < -0.4 is 5.32 Å². The Balaban J connectivity index is 1.40. The molecule has 0 saturated heterocycles. The molecule has 2 aromatic heterocycles. The summed E-state index contributed by atoms with van der Waals surface area (Å²) in [6, 6.07) is 17.8. The number of para-hydroxylation sites is 1. The lowest BCUT2D eigenvalue weighted by Gasteiger charge is -2.12. The van der Waals surface area contributed by atoms with Crippen LogP contribution in [0.2, 0.25) is 0 Å². The first-order chi connectivity index (χ1) is 17.0. The van der Waals surface area contributed by atoms with E-state index in [9.17, 15) is 14.4 Å². The summed E-state index contributed by atoms with van der Waals surface area (Å²) in [5.41, 5.74) is 2.30. The molecule has 2 aromatic carbocycles. The Morgan fingerprint density at radius 3 is 2.63 bits per heavy atom. The van der Waals surface area contributed by atoms with Gasteiger partial charge in [0, 0.05) is 37.3 Å². The SMILES string of the molecule is COCCCN1C(=O)c2ccc(C(=O)Nc3cc(C)nn3-c3ccc4ccccc4n3)cc2C1=O. The van der Waals surface area contributed by atoms with Crippen LogP contribution in [0.1, 0.15) is 43.2 Å². The van der Waals surface area contributed by atoms with Gasteiger partial charge in [-0.05, 0) is 49.7 Å². The van der Waals surface area contributed by atoms with Gasteiger partial charge in [-0.15, -0.1) is 0 Å². The number of carbonyl (C=O) groups is 3. The second-order valence-electron chi connectivity index (χ2n) is 8.27. The van der Waals surface area contributed by atoms with Crippen molar-refractivity contribution in [1.29, 1.82) is 0 Å². The van der Waals surface area contributed by atoms with Gasteiger partial charge in [-0.2, -0.15) is 9.78 Å². The summed E-state index contributed by atoms with van der Waals surface area (Å²) in [7, 11) is 1.57. The zero-order chi connectivity index (χ0) is 24.5. The molecule has 0 unspecified atom stereocenters. The number of anilines is 1. The van der Waals surface area contributed by atoms with Crippen LogP contribution >= 0.6 is 0 Å². The number of nitrogens with one attached hydrogen (secondary N) is 1. The van der Waals surface area contributed by atoms with Gasteiger partial charge in [0.15, 0.2) is 5.82 Å². The van der Waals surface area contributed by atoms with Crippen molar-refractivity contribution in [3.05, 3.63) is 83.0 Å². The number of ether oxygens (including phenoxy) is 1. The summed E-state index contributed by atoms with van der Waals surface area (Å²) in [4.78, 5) is 44.4. The third kappa shape index (κ3) is 4.17. The van der Waals surface area contributed by atoms with Crippen LogP contribution in [0.3, 0.4) is 0 Å². The second kappa shape index (κ2) is 9.11. The van der Waals surface area contributed by atoms with Crippen LogP contribution in [0.25, 0.3) is 16.7 Å². The van der Waals surface area contributed by atoms with Gasteiger partial charge in [-0.25, -0.2) is 4.98 Å².